The van der Waals surface area contributed by atoms with E-state index in [-0.39, 0.29) is 0 Å². The lowest BCUT2D eigenvalue weighted by Crippen LogP contribution is -2.07. The normalized spacial score (nSPS) is 12.0. The molecular weight excluding hydrogens is 188 g/mol. The predicted octanol–water partition coefficient (Wildman–Crippen LogP) is 2.53. The van der Waals surface area contributed by atoms with Crippen LogP contribution in [0.4, 0.5) is 0 Å². The highest BCUT2D eigenvalue weighted by molar-refractivity contribution is 5.79. The van der Waals surface area contributed by atoms with Crippen LogP contribution in [0.1, 0.15) is 6.92 Å². The van der Waals surface area contributed by atoms with Crippen LogP contribution in [0.25, 0.3) is 10.9 Å². The molecule has 2 rings (SSSR count). The Morgan fingerprint density at radius 2 is 2.27 bits per heavy atom. The first-order valence-electron chi connectivity index (χ1n) is 4.70. The van der Waals surface area contributed by atoms with E-state index in [4.69, 9.17) is 10.00 Å². The van der Waals surface area contributed by atoms with E-state index in [9.17, 15) is 0 Å². The molecule has 0 radical (unpaired) electrons. The van der Waals surface area contributed by atoms with E-state index in [1.807, 2.05) is 36.4 Å². The summed E-state index contributed by atoms with van der Waals surface area (Å²) < 4.78 is 5.37. The van der Waals surface area contributed by atoms with Crippen LogP contribution in [-0.2, 0) is 0 Å². The number of fused-ring (bicyclic) bond motifs is 1. The predicted molar refractivity (Wildman–Crippen MR) is 57.4 cm³/mol. The summed E-state index contributed by atoms with van der Waals surface area (Å²) in [6.07, 6.45) is 1.30. The molecule has 0 amide bonds. The van der Waals surface area contributed by atoms with Crippen LogP contribution in [0.5, 0.6) is 5.75 Å². The maximum atomic E-state index is 8.62. The number of hydrogen-bond donors (Lipinski definition) is 0. The van der Waals surface area contributed by atoms with Gasteiger partial charge in [0.2, 0.25) is 0 Å². The van der Waals surface area contributed by atoms with Gasteiger partial charge >= 0.3 is 0 Å². The third kappa shape index (κ3) is 2.05. The zero-order valence-corrected chi connectivity index (χ0v) is 8.34. The maximum Gasteiger partial charge on any atom is 0.181 e. The molecule has 1 heterocycles. The van der Waals surface area contributed by atoms with Gasteiger partial charge in [-0.05, 0) is 25.1 Å². The van der Waals surface area contributed by atoms with E-state index in [0.717, 1.165) is 10.9 Å². The summed E-state index contributed by atoms with van der Waals surface area (Å²) in [5.74, 6) is 0.676. The topological polar surface area (TPSA) is 45.9 Å². The molecule has 3 nitrogen and oxygen atoms in total. The Bertz CT molecular complexity index is 516. The average molecular weight is 198 g/mol. The monoisotopic (exact) mass is 198 g/mol. The Morgan fingerprint density at radius 3 is 3.07 bits per heavy atom. The molecule has 2 aromatic rings. The number of nitrogens with zero attached hydrogens (tertiary/aromatic N) is 2. The highest BCUT2D eigenvalue weighted by Crippen LogP contribution is 2.19. The van der Waals surface area contributed by atoms with Crippen molar-refractivity contribution in [3.63, 3.8) is 0 Å². The van der Waals surface area contributed by atoms with Gasteiger partial charge in [-0.2, -0.15) is 5.26 Å². The number of rotatable bonds is 2. The first-order valence-corrected chi connectivity index (χ1v) is 4.70. The van der Waals surface area contributed by atoms with Crippen molar-refractivity contribution in [1.82, 2.24) is 4.98 Å². The zero-order chi connectivity index (χ0) is 10.7. The Kier molecular flexibility index (Phi) is 2.51. The van der Waals surface area contributed by atoms with E-state index in [1.165, 1.54) is 0 Å². The van der Waals surface area contributed by atoms with Crippen molar-refractivity contribution in [1.29, 1.82) is 5.26 Å². The highest BCUT2D eigenvalue weighted by atomic mass is 16.5. The molecule has 0 fully saturated rings. The lowest BCUT2D eigenvalue weighted by Gasteiger charge is -2.07. The van der Waals surface area contributed by atoms with Gasteiger partial charge in [-0.25, -0.2) is 0 Å². The van der Waals surface area contributed by atoms with Crippen molar-refractivity contribution in [2.24, 2.45) is 0 Å². The lowest BCUT2D eigenvalue weighted by molar-refractivity contribution is 0.277. The Hall–Kier alpha value is -2.08. The molecule has 1 aromatic carbocycles. The van der Waals surface area contributed by atoms with Gasteiger partial charge in [0.05, 0.1) is 5.52 Å². The van der Waals surface area contributed by atoms with E-state index in [0.29, 0.717) is 5.75 Å². The first-order chi connectivity index (χ1) is 7.29. The Balaban J connectivity index is 2.35. The van der Waals surface area contributed by atoms with E-state index < -0.39 is 6.10 Å². The number of ether oxygens (including phenoxy) is 1. The van der Waals surface area contributed by atoms with Crippen LogP contribution >= 0.6 is 0 Å². The van der Waals surface area contributed by atoms with Gasteiger partial charge in [0.15, 0.2) is 6.10 Å². The minimum Gasteiger partial charge on any atom is -0.476 e. The third-order valence-corrected chi connectivity index (χ3v) is 2.07. The van der Waals surface area contributed by atoms with Crippen molar-refractivity contribution in [2.75, 3.05) is 0 Å². The van der Waals surface area contributed by atoms with E-state index in [2.05, 4.69) is 4.98 Å². The molecule has 0 aliphatic carbocycles. The first kappa shape index (κ1) is 9.47. The van der Waals surface area contributed by atoms with Crippen LogP contribution in [0, 0.1) is 11.3 Å². The molecule has 0 saturated carbocycles. The fraction of sp³-hybridized carbons (Fsp3) is 0.167. The summed E-state index contributed by atoms with van der Waals surface area (Å²) in [4.78, 5) is 4.21. The summed E-state index contributed by atoms with van der Waals surface area (Å²) in [6, 6.07) is 11.5. The second-order valence-electron chi connectivity index (χ2n) is 3.25. The second-order valence-corrected chi connectivity index (χ2v) is 3.25. The molecule has 3 heteroatoms. The SMILES string of the molecule is CC(C#N)Oc1ccc2cccnc2c1. The van der Waals surface area contributed by atoms with Gasteiger partial charge in [0.25, 0.3) is 0 Å². The van der Waals surface area contributed by atoms with Gasteiger partial charge in [0, 0.05) is 17.6 Å². The molecule has 1 atom stereocenters. The number of hydrogen-bond acceptors (Lipinski definition) is 3. The number of benzene rings is 1. The average Bonchev–Trinajstić information content (AvgIpc) is 2.29. The van der Waals surface area contributed by atoms with Crippen molar-refractivity contribution < 1.29 is 4.74 Å². The standard InChI is InChI=1S/C12H10N2O/c1-9(8-13)15-11-5-4-10-3-2-6-14-12(10)7-11/h2-7,9H,1H3. The van der Waals surface area contributed by atoms with Crippen molar-refractivity contribution >= 4 is 10.9 Å². The molecule has 1 aromatic heterocycles. The Morgan fingerprint density at radius 1 is 1.40 bits per heavy atom. The second kappa shape index (κ2) is 3.97. The fourth-order valence-corrected chi connectivity index (χ4v) is 1.35. The van der Waals surface area contributed by atoms with Crippen LogP contribution in [0.15, 0.2) is 36.5 Å². The fourth-order valence-electron chi connectivity index (χ4n) is 1.35. The summed E-state index contributed by atoms with van der Waals surface area (Å²) in [7, 11) is 0. The quantitative estimate of drug-likeness (QED) is 0.744. The molecule has 0 aliphatic rings. The minimum absolute atomic E-state index is 0.439. The Labute approximate surface area is 87.9 Å². The lowest BCUT2D eigenvalue weighted by atomic mass is 10.2. The molecular formula is C12H10N2O. The third-order valence-electron chi connectivity index (χ3n) is 2.07. The molecule has 0 bridgehead atoms. The molecule has 0 aliphatic heterocycles. The minimum atomic E-state index is -0.439. The molecule has 74 valence electrons. The summed E-state index contributed by atoms with van der Waals surface area (Å²) >= 11 is 0. The number of pyridine rings is 1. The van der Waals surface area contributed by atoms with Crippen LogP contribution in [0.3, 0.4) is 0 Å². The molecule has 0 spiro atoms. The van der Waals surface area contributed by atoms with Gasteiger partial charge in [-0.1, -0.05) is 6.07 Å². The zero-order valence-electron chi connectivity index (χ0n) is 8.34. The van der Waals surface area contributed by atoms with Gasteiger partial charge < -0.3 is 4.74 Å². The molecule has 0 saturated heterocycles. The van der Waals surface area contributed by atoms with E-state index >= 15 is 0 Å². The van der Waals surface area contributed by atoms with Crippen molar-refractivity contribution in [3.8, 4) is 11.8 Å². The van der Waals surface area contributed by atoms with E-state index in [1.54, 1.807) is 13.1 Å². The van der Waals surface area contributed by atoms with Gasteiger partial charge in [0.1, 0.15) is 11.8 Å². The number of nitriles is 1. The smallest absolute Gasteiger partial charge is 0.181 e. The molecule has 1 unspecified atom stereocenters. The van der Waals surface area contributed by atoms with Crippen LogP contribution in [0.2, 0.25) is 0 Å². The highest BCUT2D eigenvalue weighted by Gasteiger charge is 2.02. The largest absolute Gasteiger partial charge is 0.476 e. The van der Waals surface area contributed by atoms with Crippen molar-refractivity contribution in [2.45, 2.75) is 13.0 Å². The van der Waals surface area contributed by atoms with Crippen LogP contribution in [-0.4, -0.2) is 11.1 Å². The van der Waals surface area contributed by atoms with Crippen LogP contribution < -0.4 is 4.74 Å². The van der Waals surface area contributed by atoms with Crippen molar-refractivity contribution in [3.05, 3.63) is 36.5 Å². The maximum absolute atomic E-state index is 8.62. The summed E-state index contributed by atoms with van der Waals surface area (Å²) in [5.41, 5.74) is 0.875. The summed E-state index contributed by atoms with van der Waals surface area (Å²) in [5, 5.41) is 9.68. The van der Waals surface area contributed by atoms with Gasteiger partial charge in [-0.3, -0.25) is 4.98 Å². The molecule has 0 N–H and O–H groups in total. The summed E-state index contributed by atoms with van der Waals surface area (Å²) in [6.45, 7) is 1.71. The number of aromatic nitrogens is 1. The molecule has 15 heavy (non-hydrogen) atoms. The van der Waals surface area contributed by atoms with Gasteiger partial charge in [-0.15, -0.1) is 0 Å².